The van der Waals surface area contributed by atoms with Crippen molar-refractivity contribution in [2.75, 3.05) is 6.54 Å². The Balaban J connectivity index is 1.69. The number of hydrogen-bond acceptors (Lipinski definition) is 3. The van der Waals surface area contributed by atoms with E-state index in [2.05, 4.69) is 68.2 Å². The van der Waals surface area contributed by atoms with Gasteiger partial charge in [0.2, 0.25) is 5.78 Å². The highest BCUT2D eigenvalue weighted by Crippen LogP contribution is 2.29. The summed E-state index contributed by atoms with van der Waals surface area (Å²) in [7, 11) is 0. The highest BCUT2D eigenvalue weighted by molar-refractivity contribution is 6.11. The second-order valence-corrected chi connectivity index (χ2v) is 8.89. The molecule has 0 bridgehead atoms. The molecular formula is C32H36N2O. The summed E-state index contributed by atoms with van der Waals surface area (Å²) in [5.41, 5.74) is 15.4. The molecule has 3 nitrogen and oxygen atoms in total. The Labute approximate surface area is 210 Å². The van der Waals surface area contributed by atoms with Gasteiger partial charge in [-0.15, -0.1) is 0 Å². The predicted molar refractivity (Wildman–Crippen MR) is 150 cm³/mol. The van der Waals surface area contributed by atoms with Gasteiger partial charge in [-0.2, -0.15) is 0 Å². The van der Waals surface area contributed by atoms with Gasteiger partial charge < -0.3 is 11.1 Å². The van der Waals surface area contributed by atoms with Gasteiger partial charge in [0.05, 0.1) is 0 Å². The van der Waals surface area contributed by atoms with Crippen LogP contribution in [0.1, 0.15) is 36.1 Å². The normalized spacial score (nSPS) is 16.5. The maximum absolute atomic E-state index is 12.9. The van der Waals surface area contributed by atoms with Crippen molar-refractivity contribution in [2.24, 2.45) is 11.7 Å². The molecule has 0 saturated heterocycles. The van der Waals surface area contributed by atoms with Crippen molar-refractivity contribution >= 4 is 11.9 Å². The molecule has 0 saturated carbocycles. The summed E-state index contributed by atoms with van der Waals surface area (Å²) in [6.45, 7) is 12.7. The molecule has 0 amide bonds. The number of nitrogens with two attached hydrogens (primary N) is 1. The van der Waals surface area contributed by atoms with Crippen LogP contribution in [0.15, 0.2) is 102 Å². The Morgan fingerprint density at radius 1 is 1.03 bits per heavy atom. The van der Waals surface area contributed by atoms with E-state index in [1.54, 1.807) is 6.08 Å². The number of benzene rings is 2. The molecule has 1 aliphatic carbocycles. The second kappa shape index (κ2) is 12.0. The molecule has 2 aromatic carbocycles. The Morgan fingerprint density at radius 2 is 1.77 bits per heavy atom. The van der Waals surface area contributed by atoms with Crippen molar-refractivity contribution in [3.63, 3.8) is 0 Å². The minimum absolute atomic E-state index is 0.0173. The highest BCUT2D eigenvalue weighted by Gasteiger charge is 2.24. The van der Waals surface area contributed by atoms with Gasteiger partial charge in [0, 0.05) is 23.7 Å². The maximum Gasteiger partial charge on any atom is 0.210 e. The third-order valence-electron chi connectivity index (χ3n) is 6.39. The van der Waals surface area contributed by atoms with Crippen LogP contribution in [-0.2, 0) is 11.2 Å². The lowest BCUT2D eigenvalue weighted by Crippen LogP contribution is -2.32. The molecule has 0 aliphatic heterocycles. The lowest BCUT2D eigenvalue weighted by Gasteiger charge is -2.22. The van der Waals surface area contributed by atoms with Crippen molar-refractivity contribution in [2.45, 2.75) is 34.1 Å². The van der Waals surface area contributed by atoms with E-state index in [4.69, 9.17) is 5.73 Å². The summed E-state index contributed by atoms with van der Waals surface area (Å²) in [5.74, 6) is -0.0310. The maximum atomic E-state index is 12.9. The Kier molecular flexibility index (Phi) is 8.86. The molecule has 2 aromatic rings. The van der Waals surface area contributed by atoms with Crippen molar-refractivity contribution in [1.82, 2.24) is 5.32 Å². The number of ketones is 1. The first-order valence-corrected chi connectivity index (χ1v) is 12.1. The fraction of sp³-hybridized carbons (Fsp3) is 0.219. The van der Waals surface area contributed by atoms with E-state index >= 15 is 0 Å². The predicted octanol–water partition coefficient (Wildman–Crippen LogP) is 6.75. The topological polar surface area (TPSA) is 55.1 Å². The molecule has 1 unspecified atom stereocenters. The molecule has 1 aliphatic rings. The first kappa shape index (κ1) is 25.8. The average Bonchev–Trinajstić information content (AvgIpc) is 2.85. The zero-order chi connectivity index (χ0) is 25.4. The van der Waals surface area contributed by atoms with Gasteiger partial charge in [0.25, 0.3) is 0 Å². The van der Waals surface area contributed by atoms with Gasteiger partial charge in [-0.1, -0.05) is 98.5 Å². The van der Waals surface area contributed by atoms with Crippen molar-refractivity contribution in [1.29, 1.82) is 0 Å². The molecule has 3 N–H and O–H groups in total. The van der Waals surface area contributed by atoms with Crippen LogP contribution in [0.25, 0.3) is 17.2 Å². The fourth-order valence-electron chi connectivity index (χ4n) is 4.30. The van der Waals surface area contributed by atoms with Gasteiger partial charge in [0.15, 0.2) is 0 Å². The van der Waals surface area contributed by atoms with Crippen LogP contribution in [0.5, 0.6) is 0 Å². The van der Waals surface area contributed by atoms with E-state index in [0.717, 1.165) is 6.42 Å². The van der Waals surface area contributed by atoms with Gasteiger partial charge in [-0.25, -0.2) is 0 Å². The van der Waals surface area contributed by atoms with Crippen molar-refractivity contribution in [3.05, 3.63) is 125 Å². The van der Waals surface area contributed by atoms with Crippen LogP contribution in [0.4, 0.5) is 0 Å². The summed E-state index contributed by atoms with van der Waals surface area (Å²) in [4.78, 5) is 12.9. The molecule has 0 aromatic heterocycles. The number of carbonyl (C=O) groups is 1. The number of hydrogen-bond donors (Lipinski definition) is 2. The van der Waals surface area contributed by atoms with E-state index in [0.29, 0.717) is 23.5 Å². The monoisotopic (exact) mass is 464 g/mol. The summed E-state index contributed by atoms with van der Waals surface area (Å²) in [6, 6.07) is 13.0. The van der Waals surface area contributed by atoms with Crippen molar-refractivity contribution < 1.29 is 4.79 Å². The molecule has 0 radical (unpaired) electrons. The lowest BCUT2D eigenvalue weighted by molar-refractivity contribution is -0.112. The highest BCUT2D eigenvalue weighted by atomic mass is 16.1. The molecule has 35 heavy (non-hydrogen) atoms. The standard InChI is InChI=1S/C32H36N2O/c1-6-8-10-11-27-21-23(4)30(33)31(32(27)35)34-20-19-25-14-16-26(17-15-25)29-18-13-22(3)28(24(29)5)12-9-7-2/h6-18,21,23,34H,2,19-20,33H2,1,3-5H3/b8-6-,11-10-,12-9-. The van der Waals surface area contributed by atoms with E-state index in [9.17, 15) is 4.79 Å². The van der Waals surface area contributed by atoms with Gasteiger partial charge in [-0.3, -0.25) is 4.79 Å². The van der Waals surface area contributed by atoms with Crippen LogP contribution in [0, 0.1) is 19.8 Å². The Morgan fingerprint density at radius 3 is 2.46 bits per heavy atom. The van der Waals surface area contributed by atoms with Crippen LogP contribution in [0.2, 0.25) is 0 Å². The lowest BCUT2D eigenvalue weighted by atomic mass is 9.91. The molecule has 0 spiro atoms. The van der Waals surface area contributed by atoms with Crippen LogP contribution in [-0.4, -0.2) is 12.3 Å². The van der Waals surface area contributed by atoms with E-state index in [-0.39, 0.29) is 11.7 Å². The largest absolute Gasteiger partial charge is 0.400 e. The number of nitrogens with one attached hydrogen (secondary N) is 1. The zero-order valence-electron chi connectivity index (χ0n) is 21.3. The number of carbonyl (C=O) groups excluding carboxylic acids is 1. The summed E-state index contributed by atoms with van der Waals surface area (Å²) in [5, 5.41) is 3.31. The summed E-state index contributed by atoms with van der Waals surface area (Å²) < 4.78 is 0. The zero-order valence-corrected chi connectivity index (χ0v) is 21.3. The second-order valence-electron chi connectivity index (χ2n) is 8.89. The summed E-state index contributed by atoms with van der Waals surface area (Å²) in [6.07, 6.45) is 16.2. The Bertz CT molecular complexity index is 1240. The minimum atomic E-state index is -0.0483. The molecule has 3 rings (SSSR count). The van der Waals surface area contributed by atoms with Crippen LogP contribution >= 0.6 is 0 Å². The van der Waals surface area contributed by atoms with E-state index in [1.807, 2.05) is 50.3 Å². The fourth-order valence-corrected chi connectivity index (χ4v) is 4.30. The third kappa shape index (κ3) is 6.19. The first-order valence-electron chi connectivity index (χ1n) is 12.1. The molecule has 3 heteroatoms. The van der Waals surface area contributed by atoms with Crippen LogP contribution < -0.4 is 11.1 Å². The number of aryl methyl sites for hydroxylation is 1. The smallest absolute Gasteiger partial charge is 0.210 e. The first-order chi connectivity index (χ1) is 16.9. The van der Waals surface area contributed by atoms with Gasteiger partial charge >= 0.3 is 0 Å². The quantitative estimate of drug-likeness (QED) is 0.404. The molecule has 1 atom stereocenters. The summed E-state index contributed by atoms with van der Waals surface area (Å²) >= 11 is 0. The molecule has 0 heterocycles. The van der Waals surface area contributed by atoms with Crippen molar-refractivity contribution in [3.8, 4) is 11.1 Å². The van der Waals surface area contributed by atoms with Crippen LogP contribution in [0.3, 0.4) is 0 Å². The van der Waals surface area contributed by atoms with E-state index in [1.165, 1.54) is 33.4 Å². The van der Waals surface area contributed by atoms with Gasteiger partial charge in [-0.05, 0) is 60.6 Å². The molecular weight excluding hydrogens is 428 g/mol. The van der Waals surface area contributed by atoms with Gasteiger partial charge in [0.1, 0.15) is 5.70 Å². The molecule has 180 valence electrons. The van der Waals surface area contributed by atoms with E-state index < -0.39 is 0 Å². The average molecular weight is 465 g/mol. The SMILES string of the molecule is C=C/C=C\c1c(C)ccc(-c2ccc(CCNC3=C(N)C(C)C=C(/C=C\C=C/C)C3=O)cc2)c1C. The number of allylic oxidation sites excluding steroid dienone is 8. The Hall–Kier alpha value is -3.85. The number of rotatable bonds is 9. The number of Topliss-reactive ketones (excluding diaryl/α,β-unsaturated/α-hetero) is 1. The molecule has 0 fully saturated rings. The minimum Gasteiger partial charge on any atom is -0.400 e. The third-order valence-corrected chi connectivity index (χ3v) is 6.39.